The number of rotatable bonds is 18. The molecule has 9 aliphatic heterocycles. The monoisotopic (exact) mass is 1590 g/mol. The fraction of sp³-hybridized carbons (Fsp3) is 0.578. The van der Waals surface area contributed by atoms with E-state index in [0.29, 0.717) is 94.4 Å². The molecular formula is C90H123F3N18O5. The highest BCUT2D eigenvalue weighted by Gasteiger charge is 2.46. The van der Waals surface area contributed by atoms with Crippen LogP contribution in [0.3, 0.4) is 0 Å². The van der Waals surface area contributed by atoms with Crippen LogP contribution in [0, 0.1) is 17.5 Å². The summed E-state index contributed by atoms with van der Waals surface area (Å²) in [5.41, 5.74) is 11.1. The van der Waals surface area contributed by atoms with Gasteiger partial charge >= 0.3 is 0 Å². The van der Waals surface area contributed by atoms with Crippen molar-refractivity contribution in [2.45, 2.75) is 205 Å². The molecule has 16 rings (SSSR count). The summed E-state index contributed by atoms with van der Waals surface area (Å²) in [6.07, 6.45) is 8.81. The van der Waals surface area contributed by atoms with Crippen molar-refractivity contribution in [2.75, 3.05) is 146 Å². The number of nitrogens with zero attached hydrogens (tertiary/aromatic N) is 15. The number of hydrogen-bond donors (Lipinski definition) is 3. The minimum absolute atomic E-state index is 0.0416. The Morgan fingerprint density at radius 2 is 0.845 bits per heavy atom. The average molecular weight is 1590 g/mol. The predicted octanol–water partition coefficient (Wildman–Crippen LogP) is 9.18. The number of carbonyl (C=O) groups excluding carboxylic acids is 3. The second-order valence-electron chi connectivity index (χ2n) is 36.7. The number of aromatic nitrogens is 6. The maximum atomic E-state index is 14.0. The number of halogens is 3. The van der Waals surface area contributed by atoms with Crippen molar-refractivity contribution < 1.29 is 37.0 Å². The number of nitrogens with one attached hydrogen (secondary N) is 3. The number of hydrogen-bond acceptors (Lipinski definition) is 19. The first-order valence-corrected chi connectivity index (χ1v) is 42.2. The van der Waals surface area contributed by atoms with Gasteiger partial charge in [-0.15, -0.1) is 10.2 Å². The molecule has 624 valence electrons. The zero-order valence-corrected chi connectivity index (χ0v) is 70.7. The molecule has 0 aliphatic carbocycles. The highest BCUT2D eigenvalue weighted by Crippen LogP contribution is 2.44. The maximum absolute atomic E-state index is 14.0. The Hall–Kier alpha value is -7.99. The largest absolute Gasteiger partial charge is 0.378 e. The summed E-state index contributed by atoms with van der Waals surface area (Å²) in [4.78, 5) is 76.7. The molecule has 23 nitrogen and oxygen atoms in total. The first-order chi connectivity index (χ1) is 55.4. The Bertz CT molecular complexity index is 4530. The Morgan fingerprint density at radius 1 is 0.474 bits per heavy atom. The summed E-state index contributed by atoms with van der Waals surface area (Å²) in [5, 5.41) is 19.2. The van der Waals surface area contributed by atoms with E-state index < -0.39 is 0 Å². The maximum Gasteiger partial charge on any atom is 0.241 e. The number of fused-ring (bicyclic) bond motifs is 4. The lowest BCUT2D eigenvalue weighted by molar-refractivity contribution is -0.122. The quantitative estimate of drug-likeness (QED) is 0.0733. The third-order valence-corrected chi connectivity index (χ3v) is 25.5. The third kappa shape index (κ3) is 19.6. The molecule has 0 bridgehead atoms. The average Bonchev–Trinajstić information content (AvgIpc) is 1.62. The number of benzene rings is 3. The van der Waals surface area contributed by atoms with Gasteiger partial charge in [-0.3, -0.25) is 58.7 Å². The van der Waals surface area contributed by atoms with Gasteiger partial charge < -0.3 is 44.7 Å². The molecule has 0 saturated carbocycles. The van der Waals surface area contributed by atoms with Gasteiger partial charge in [0, 0.05) is 193 Å². The minimum atomic E-state index is -0.242. The molecule has 13 heterocycles. The molecular weight excluding hydrogens is 1470 g/mol. The van der Waals surface area contributed by atoms with E-state index in [0.717, 1.165) is 178 Å². The Labute approximate surface area is 684 Å². The van der Waals surface area contributed by atoms with Gasteiger partial charge in [-0.1, -0.05) is 84.9 Å². The molecule has 3 N–H and O–H groups in total. The molecule has 3 amide bonds. The van der Waals surface area contributed by atoms with Crippen molar-refractivity contribution in [3.05, 3.63) is 190 Å². The molecule has 5 saturated heterocycles. The number of anilines is 3. The van der Waals surface area contributed by atoms with Crippen LogP contribution in [0.1, 0.15) is 159 Å². The predicted molar refractivity (Wildman–Crippen MR) is 448 cm³/mol. The van der Waals surface area contributed by atoms with Crippen molar-refractivity contribution in [1.82, 2.24) is 75.1 Å². The van der Waals surface area contributed by atoms with Crippen LogP contribution in [-0.2, 0) is 66.0 Å². The zero-order chi connectivity index (χ0) is 82.1. The molecule has 116 heavy (non-hydrogen) atoms. The van der Waals surface area contributed by atoms with Crippen molar-refractivity contribution in [3.63, 3.8) is 0 Å². The standard InChI is InChI=1S/C31H44FN5O2.C30H42FN5O2.C29H37FN8O/c1-20-14-35(27(13-33-20)15-36-21(2)17-39-18-22(36)3)16-29(38)37-19-31(5,6)30-28(37)11-25(12-34-30)23(4)24-7-9-26(32)10-8-24;1-20-14-34(26(13-32-20)15-35-21(2)17-38-18-22(35)3)16-28(37)36-19-30(4,5)29-27(36)11-24(12-33-29)10-23-6-8-25(31)9-7-23;1-20-14-37(24(13-31-20)15-35-8-9-36-19-33-34-26(36)16-35)17-27(39)38-18-29(2,3)28-25(38)11-22(12-32-28)10-21-4-6-23(30)7-5-21/h7-12,20-23,27,33H,13-19H2,1-6H3;6-9,11-12,20-22,26,32H,10,13-19H2,1-5H3;4-7,11-12,19-20,24,31H,8-10,13-18H2,1-3H3/t20-,21-,22-,23?,27-;20-,21-,22-,26-;20-,24-/m111/s1. The molecule has 9 aliphatic rings. The summed E-state index contributed by atoms with van der Waals surface area (Å²) in [6.45, 7) is 47.0. The SMILES string of the molecule is CC(c1ccc(F)cc1)c1cnc2c(c1)N(C(=O)CN1C[C@@H](C)NC[C@@H]1CN1[C@H](C)COC[C@H]1C)CC2(C)C.C[C@@H]1CN(CC(=O)N2CC(C)(C)c3ncc(Cc4ccc(F)cc4)cc32)[C@@H](CN2CCn3cnnc3C2)CN1.C[C@@H]1CN(CC(=O)N2CC(C)(C)c3ncc(Cc4ccc(F)cc4)cc32)[C@@H](CN2[C@H](C)COC[C@H]2C)CN1. The molecule has 1 unspecified atom stereocenters. The van der Waals surface area contributed by atoms with Crippen LogP contribution in [0.15, 0.2) is 116 Å². The second-order valence-corrected chi connectivity index (χ2v) is 36.7. The van der Waals surface area contributed by atoms with E-state index in [1.165, 1.54) is 36.4 Å². The van der Waals surface area contributed by atoms with Crippen molar-refractivity contribution >= 4 is 34.8 Å². The minimum Gasteiger partial charge on any atom is -0.378 e. The van der Waals surface area contributed by atoms with E-state index in [4.69, 9.17) is 24.4 Å². The van der Waals surface area contributed by atoms with Crippen molar-refractivity contribution in [1.29, 1.82) is 0 Å². The van der Waals surface area contributed by atoms with Crippen LogP contribution < -0.4 is 30.7 Å². The Kier molecular flexibility index (Phi) is 26.1. The van der Waals surface area contributed by atoms with Crippen molar-refractivity contribution in [2.24, 2.45) is 0 Å². The van der Waals surface area contributed by atoms with Gasteiger partial charge in [0.25, 0.3) is 0 Å². The van der Waals surface area contributed by atoms with Crippen molar-refractivity contribution in [3.8, 4) is 0 Å². The summed E-state index contributed by atoms with van der Waals surface area (Å²) in [7, 11) is 0. The third-order valence-electron chi connectivity index (χ3n) is 25.5. The van der Waals surface area contributed by atoms with Gasteiger partial charge in [0.05, 0.1) is 86.8 Å². The number of amides is 3. The van der Waals surface area contributed by atoms with E-state index >= 15 is 0 Å². The fourth-order valence-electron chi connectivity index (χ4n) is 18.9. The lowest BCUT2D eigenvalue weighted by atomic mass is 9.89. The molecule has 3 aromatic carbocycles. The van der Waals surface area contributed by atoms with E-state index in [1.807, 2.05) is 45.4 Å². The first kappa shape index (κ1) is 84.5. The summed E-state index contributed by atoms with van der Waals surface area (Å²) < 4.78 is 53.9. The molecule has 5 fully saturated rings. The van der Waals surface area contributed by atoms with E-state index in [1.54, 1.807) is 30.6 Å². The molecule has 11 atom stereocenters. The van der Waals surface area contributed by atoms with Crippen LogP contribution in [0.5, 0.6) is 0 Å². The van der Waals surface area contributed by atoms with Crippen LogP contribution in [-0.4, -0.2) is 268 Å². The van der Waals surface area contributed by atoms with Gasteiger partial charge in [0.2, 0.25) is 17.7 Å². The van der Waals surface area contributed by atoms with Gasteiger partial charge in [-0.2, -0.15) is 0 Å². The highest BCUT2D eigenvalue weighted by atomic mass is 19.1. The zero-order valence-electron chi connectivity index (χ0n) is 70.7. The summed E-state index contributed by atoms with van der Waals surface area (Å²) in [5.74, 6) is 0.679. The summed E-state index contributed by atoms with van der Waals surface area (Å²) >= 11 is 0. The van der Waals surface area contributed by atoms with Gasteiger partial charge in [0.1, 0.15) is 29.6 Å². The molecule has 7 aromatic rings. The molecule has 0 radical (unpaired) electrons. The Balaban J connectivity index is 0.000000143. The lowest BCUT2D eigenvalue weighted by Crippen LogP contribution is -2.63. The smallest absolute Gasteiger partial charge is 0.241 e. The fourth-order valence-corrected chi connectivity index (χ4v) is 18.9. The lowest BCUT2D eigenvalue weighted by Gasteiger charge is -2.46. The molecule has 0 spiro atoms. The molecule has 4 aromatic heterocycles. The Morgan fingerprint density at radius 3 is 1.25 bits per heavy atom. The number of piperazine rings is 3. The van der Waals surface area contributed by atoms with E-state index in [-0.39, 0.29) is 75.5 Å². The van der Waals surface area contributed by atoms with Gasteiger partial charge in [0.15, 0.2) is 0 Å². The van der Waals surface area contributed by atoms with Crippen LogP contribution in [0.4, 0.5) is 30.2 Å². The second kappa shape index (κ2) is 35.9. The topological polar surface area (TPSA) is 204 Å². The van der Waals surface area contributed by atoms with Crippen LogP contribution in [0.25, 0.3) is 0 Å². The number of morpholine rings is 2. The number of pyridine rings is 3. The number of carbonyl (C=O) groups is 3. The van der Waals surface area contributed by atoms with E-state index in [9.17, 15) is 27.6 Å². The van der Waals surface area contributed by atoms with Gasteiger partial charge in [-0.05, 0) is 149 Å². The van der Waals surface area contributed by atoms with Gasteiger partial charge in [-0.25, -0.2) is 13.2 Å². The first-order valence-electron chi connectivity index (χ1n) is 42.2. The summed E-state index contributed by atoms with van der Waals surface area (Å²) in [6, 6.07) is 29.3. The number of ether oxygens (including phenoxy) is 2. The van der Waals surface area contributed by atoms with Crippen LogP contribution in [0.2, 0.25) is 0 Å². The normalized spacial score (nSPS) is 26.4. The highest BCUT2D eigenvalue weighted by molar-refractivity contribution is 5.99. The van der Waals surface area contributed by atoms with E-state index in [2.05, 4.69) is 175 Å². The van der Waals surface area contributed by atoms with Crippen LogP contribution >= 0.6 is 0 Å². The molecule has 26 heteroatoms.